The van der Waals surface area contributed by atoms with E-state index in [4.69, 9.17) is 5.11 Å². The van der Waals surface area contributed by atoms with Crippen LogP contribution in [0.2, 0.25) is 0 Å². The summed E-state index contributed by atoms with van der Waals surface area (Å²) in [5, 5.41) is 11.5. The molecular weight excluding hydrogens is 198 g/mol. The lowest BCUT2D eigenvalue weighted by molar-refractivity contribution is -0.121. The molecule has 0 fully saturated rings. The highest BCUT2D eigenvalue weighted by molar-refractivity contribution is 7.98. The first-order valence-corrected chi connectivity index (χ1v) is 6.46. The second-order valence-electron chi connectivity index (χ2n) is 3.52. The van der Waals surface area contributed by atoms with Gasteiger partial charge in [0, 0.05) is 19.6 Å². The van der Waals surface area contributed by atoms with E-state index in [1.165, 1.54) is 0 Å². The van der Waals surface area contributed by atoms with Crippen LogP contribution in [0.5, 0.6) is 0 Å². The largest absolute Gasteiger partial charge is 0.396 e. The van der Waals surface area contributed by atoms with Gasteiger partial charge in [-0.2, -0.15) is 11.8 Å². The van der Waals surface area contributed by atoms with Gasteiger partial charge in [0.2, 0.25) is 5.91 Å². The molecule has 1 atom stereocenters. The maximum Gasteiger partial charge on any atom is 0.220 e. The highest BCUT2D eigenvalue weighted by Crippen LogP contribution is 2.01. The molecule has 14 heavy (non-hydrogen) atoms. The van der Waals surface area contributed by atoms with Gasteiger partial charge in [-0.15, -0.1) is 0 Å². The summed E-state index contributed by atoms with van der Waals surface area (Å²) in [5.74, 6) is 1.54. The molecule has 3 nitrogen and oxygen atoms in total. The fourth-order valence-corrected chi connectivity index (χ4v) is 1.51. The van der Waals surface area contributed by atoms with Crippen LogP contribution in [-0.4, -0.2) is 36.2 Å². The van der Waals surface area contributed by atoms with Crippen LogP contribution in [-0.2, 0) is 4.79 Å². The summed E-state index contributed by atoms with van der Waals surface area (Å²) in [6.45, 7) is 2.90. The van der Waals surface area contributed by atoms with Gasteiger partial charge >= 0.3 is 0 Å². The normalized spacial score (nSPS) is 12.5. The second-order valence-corrected chi connectivity index (χ2v) is 4.50. The molecule has 0 rings (SSSR count). The minimum atomic E-state index is 0.129. The Morgan fingerprint density at radius 2 is 2.29 bits per heavy atom. The third kappa shape index (κ3) is 8.38. The van der Waals surface area contributed by atoms with E-state index in [0.717, 1.165) is 18.6 Å². The van der Waals surface area contributed by atoms with Crippen molar-refractivity contribution in [3.05, 3.63) is 0 Å². The summed E-state index contributed by atoms with van der Waals surface area (Å²) in [4.78, 5) is 11.2. The van der Waals surface area contributed by atoms with Crippen LogP contribution in [0.3, 0.4) is 0 Å². The van der Waals surface area contributed by atoms with E-state index in [1.807, 2.05) is 13.2 Å². The third-order valence-corrected chi connectivity index (χ3v) is 2.72. The van der Waals surface area contributed by atoms with Crippen LogP contribution in [0.15, 0.2) is 0 Å². The van der Waals surface area contributed by atoms with E-state index in [1.54, 1.807) is 11.8 Å². The molecule has 0 spiro atoms. The summed E-state index contributed by atoms with van der Waals surface area (Å²) in [5.41, 5.74) is 0. The number of rotatable bonds is 8. The monoisotopic (exact) mass is 219 g/mol. The first-order valence-electron chi connectivity index (χ1n) is 5.07. The molecule has 0 radical (unpaired) electrons. The van der Waals surface area contributed by atoms with Crippen molar-refractivity contribution in [3.63, 3.8) is 0 Å². The maximum absolute atomic E-state index is 11.2. The summed E-state index contributed by atoms with van der Waals surface area (Å²) in [6, 6.07) is 0. The molecule has 1 amide bonds. The van der Waals surface area contributed by atoms with Crippen molar-refractivity contribution < 1.29 is 9.90 Å². The average molecular weight is 219 g/mol. The molecule has 1 unspecified atom stereocenters. The Kier molecular flexibility index (Phi) is 9.19. The Labute approximate surface area is 90.7 Å². The number of hydrogen-bond acceptors (Lipinski definition) is 3. The molecule has 4 heteroatoms. The van der Waals surface area contributed by atoms with Gasteiger partial charge in [0.1, 0.15) is 0 Å². The lowest BCUT2D eigenvalue weighted by Gasteiger charge is -2.10. The molecule has 0 aromatic carbocycles. The number of aliphatic hydroxyl groups excluding tert-OH is 1. The Hall–Kier alpha value is -0.220. The Morgan fingerprint density at radius 3 is 2.86 bits per heavy atom. The number of amides is 1. The van der Waals surface area contributed by atoms with Gasteiger partial charge in [-0.1, -0.05) is 6.92 Å². The summed E-state index contributed by atoms with van der Waals surface area (Å²) in [7, 11) is 0. The summed E-state index contributed by atoms with van der Waals surface area (Å²) in [6.07, 6.45) is 4.36. The Balaban J connectivity index is 3.34. The van der Waals surface area contributed by atoms with Gasteiger partial charge in [-0.25, -0.2) is 0 Å². The molecule has 0 heterocycles. The van der Waals surface area contributed by atoms with Crippen molar-refractivity contribution in [1.82, 2.24) is 5.32 Å². The zero-order valence-electron chi connectivity index (χ0n) is 9.08. The van der Waals surface area contributed by atoms with Crippen LogP contribution < -0.4 is 5.32 Å². The van der Waals surface area contributed by atoms with E-state index in [2.05, 4.69) is 5.32 Å². The third-order valence-electron chi connectivity index (χ3n) is 2.02. The zero-order valence-corrected chi connectivity index (χ0v) is 9.90. The summed E-state index contributed by atoms with van der Waals surface area (Å²) < 4.78 is 0. The zero-order chi connectivity index (χ0) is 10.8. The predicted molar refractivity (Wildman–Crippen MR) is 61.5 cm³/mol. The van der Waals surface area contributed by atoms with Crippen molar-refractivity contribution >= 4 is 17.7 Å². The van der Waals surface area contributed by atoms with Gasteiger partial charge in [0.15, 0.2) is 0 Å². The minimum absolute atomic E-state index is 0.129. The Bertz CT molecular complexity index is 153. The van der Waals surface area contributed by atoms with Crippen LogP contribution in [0.25, 0.3) is 0 Å². The van der Waals surface area contributed by atoms with Crippen molar-refractivity contribution in [2.75, 3.05) is 25.2 Å². The van der Waals surface area contributed by atoms with E-state index in [9.17, 15) is 4.79 Å². The topological polar surface area (TPSA) is 49.3 Å². The van der Waals surface area contributed by atoms with E-state index < -0.39 is 0 Å². The van der Waals surface area contributed by atoms with Crippen molar-refractivity contribution in [2.24, 2.45) is 5.92 Å². The maximum atomic E-state index is 11.2. The number of nitrogens with one attached hydrogen (secondary N) is 1. The molecular formula is C10H21NO2S. The standard InChI is InChI=1S/C10H21NO2S/c1-9(5-6-12)8-11-10(13)4-3-7-14-2/h9,12H,3-8H2,1-2H3,(H,11,13). The molecule has 0 aliphatic heterocycles. The fraction of sp³-hybridized carbons (Fsp3) is 0.900. The molecule has 0 saturated heterocycles. The van der Waals surface area contributed by atoms with Gasteiger partial charge in [0.05, 0.1) is 0 Å². The number of hydrogen-bond donors (Lipinski definition) is 2. The molecule has 0 saturated carbocycles. The molecule has 0 aromatic rings. The van der Waals surface area contributed by atoms with Crippen LogP contribution >= 0.6 is 11.8 Å². The quantitative estimate of drug-likeness (QED) is 0.604. The van der Waals surface area contributed by atoms with Crippen molar-refractivity contribution in [2.45, 2.75) is 26.2 Å². The lowest BCUT2D eigenvalue weighted by Crippen LogP contribution is -2.28. The van der Waals surface area contributed by atoms with Gasteiger partial charge < -0.3 is 10.4 Å². The van der Waals surface area contributed by atoms with Gasteiger partial charge in [0.25, 0.3) is 0 Å². The number of aliphatic hydroxyl groups is 1. The average Bonchev–Trinajstić information content (AvgIpc) is 2.16. The lowest BCUT2D eigenvalue weighted by atomic mass is 10.1. The van der Waals surface area contributed by atoms with Gasteiger partial charge in [-0.3, -0.25) is 4.79 Å². The van der Waals surface area contributed by atoms with Crippen molar-refractivity contribution in [1.29, 1.82) is 0 Å². The highest BCUT2D eigenvalue weighted by Gasteiger charge is 2.04. The molecule has 2 N–H and O–H groups in total. The number of thioether (sulfide) groups is 1. The second kappa shape index (κ2) is 9.34. The molecule has 0 aliphatic rings. The minimum Gasteiger partial charge on any atom is -0.396 e. The van der Waals surface area contributed by atoms with Crippen LogP contribution in [0.4, 0.5) is 0 Å². The van der Waals surface area contributed by atoms with Gasteiger partial charge in [-0.05, 0) is 30.8 Å². The van der Waals surface area contributed by atoms with E-state index in [-0.39, 0.29) is 12.5 Å². The van der Waals surface area contributed by atoms with Crippen LogP contribution in [0.1, 0.15) is 26.2 Å². The smallest absolute Gasteiger partial charge is 0.220 e. The van der Waals surface area contributed by atoms with Crippen LogP contribution in [0, 0.1) is 5.92 Å². The summed E-state index contributed by atoms with van der Waals surface area (Å²) >= 11 is 1.76. The Morgan fingerprint density at radius 1 is 1.57 bits per heavy atom. The first kappa shape index (κ1) is 13.8. The van der Waals surface area contributed by atoms with E-state index in [0.29, 0.717) is 18.9 Å². The molecule has 0 aromatic heterocycles. The number of carbonyl (C=O) groups excluding carboxylic acids is 1. The molecule has 84 valence electrons. The van der Waals surface area contributed by atoms with Crippen molar-refractivity contribution in [3.8, 4) is 0 Å². The first-order chi connectivity index (χ1) is 6.70. The highest BCUT2D eigenvalue weighted by atomic mass is 32.2. The molecule has 0 aliphatic carbocycles. The van der Waals surface area contributed by atoms with E-state index >= 15 is 0 Å². The predicted octanol–water partition coefficient (Wildman–Crippen LogP) is 1.26. The number of carbonyl (C=O) groups is 1. The fourth-order valence-electron chi connectivity index (χ4n) is 1.08. The molecule has 0 bridgehead atoms. The SMILES string of the molecule is CSCCCC(=O)NCC(C)CCO.